The van der Waals surface area contributed by atoms with Crippen LogP contribution in [-0.2, 0) is 29.3 Å². The van der Waals surface area contributed by atoms with E-state index in [4.69, 9.17) is 0 Å². The first-order valence-corrected chi connectivity index (χ1v) is 8.66. The zero-order chi connectivity index (χ0) is 22.2. The number of pyridine rings is 1. The van der Waals surface area contributed by atoms with E-state index in [0.29, 0.717) is 6.07 Å². The molecular formula is C19H17F3N4O4. The summed E-state index contributed by atoms with van der Waals surface area (Å²) in [5.74, 6) is -1.39. The fourth-order valence-corrected chi connectivity index (χ4v) is 3.24. The Morgan fingerprint density at radius 1 is 1.23 bits per heavy atom. The van der Waals surface area contributed by atoms with Gasteiger partial charge in [0.2, 0.25) is 5.91 Å². The monoisotopic (exact) mass is 422 g/mol. The lowest BCUT2D eigenvalue weighted by atomic mass is 10.1. The minimum absolute atomic E-state index is 0.0741. The van der Waals surface area contributed by atoms with Gasteiger partial charge in [-0.05, 0) is 19.1 Å². The molecule has 0 bridgehead atoms. The number of carbonyl (C=O) groups excluding carboxylic acids is 2. The number of nitrogens with one attached hydrogen (secondary N) is 1. The number of hydrogen-bond acceptors (Lipinski definition) is 5. The Labute approximate surface area is 167 Å². The summed E-state index contributed by atoms with van der Waals surface area (Å²) in [7, 11) is 2.57. The van der Waals surface area contributed by atoms with Crippen LogP contribution in [0.25, 0.3) is 11.0 Å². The van der Waals surface area contributed by atoms with Crippen molar-refractivity contribution in [2.45, 2.75) is 19.6 Å². The molecule has 0 aliphatic carbocycles. The number of halogens is 3. The summed E-state index contributed by atoms with van der Waals surface area (Å²) in [6, 6.07) is 6.50. The lowest BCUT2D eigenvalue weighted by Crippen LogP contribution is -2.30. The fraction of sp³-hybridized carbons (Fsp3) is 0.263. The Balaban J connectivity index is 2.04. The molecule has 0 fully saturated rings. The maximum absolute atomic E-state index is 13.4. The largest absolute Gasteiger partial charge is 0.465 e. The summed E-state index contributed by atoms with van der Waals surface area (Å²) in [4.78, 5) is 36.8. The van der Waals surface area contributed by atoms with Gasteiger partial charge in [-0.1, -0.05) is 12.1 Å². The summed E-state index contributed by atoms with van der Waals surface area (Å²) < 4.78 is 46.9. The van der Waals surface area contributed by atoms with Crippen molar-refractivity contribution in [3.05, 3.63) is 57.5 Å². The summed E-state index contributed by atoms with van der Waals surface area (Å²) in [5, 5.41) is 6.20. The predicted octanol–water partition coefficient (Wildman–Crippen LogP) is 2.49. The third-order valence-electron chi connectivity index (χ3n) is 4.46. The molecule has 1 amide bonds. The van der Waals surface area contributed by atoms with Crippen LogP contribution in [0, 0.1) is 6.92 Å². The van der Waals surface area contributed by atoms with Crippen LogP contribution >= 0.6 is 0 Å². The van der Waals surface area contributed by atoms with Gasteiger partial charge in [-0.2, -0.15) is 18.3 Å². The van der Waals surface area contributed by atoms with E-state index in [0.717, 1.165) is 9.25 Å². The molecular weight excluding hydrogens is 405 g/mol. The van der Waals surface area contributed by atoms with Crippen LogP contribution in [0.1, 0.15) is 21.6 Å². The molecule has 0 atom stereocenters. The van der Waals surface area contributed by atoms with Gasteiger partial charge in [0.25, 0.3) is 5.56 Å². The number of ether oxygens (including phenoxy) is 1. The van der Waals surface area contributed by atoms with E-state index in [1.807, 2.05) is 0 Å². The van der Waals surface area contributed by atoms with Crippen molar-refractivity contribution >= 4 is 28.6 Å². The van der Waals surface area contributed by atoms with E-state index in [9.17, 15) is 27.6 Å². The highest BCUT2D eigenvalue weighted by atomic mass is 19.4. The molecule has 1 aromatic carbocycles. The Hall–Kier alpha value is -3.63. The maximum atomic E-state index is 13.4. The second-order valence-electron chi connectivity index (χ2n) is 6.47. The number of amides is 1. The molecule has 11 heteroatoms. The highest BCUT2D eigenvalue weighted by Gasteiger charge is 2.36. The number of methoxy groups -OCH3 is 1. The maximum Gasteiger partial charge on any atom is 0.417 e. The fourth-order valence-electron chi connectivity index (χ4n) is 3.24. The smallest absolute Gasteiger partial charge is 0.417 e. The summed E-state index contributed by atoms with van der Waals surface area (Å²) >= 11 is 0. The lowest BCUT2D eigenvalue weighted by molar-refractivity contribution is -0.136. The zero-order valence-electron chi connectivity index (χ0n) is 16.2. The SMILES string of the molecule is COC(=O)c1ccccc1NC(=O)Cn1c(=O)cc(C(F)(F)F)c2c(C)nn(C)c21. The van der Waals surface area contributed by atoms with Crippen molar-refractivity contribution in [2.75, 3.05) is 12.4 Å². The van der Waals surface area contributed by atoms with E-state index in [2.05, 4.69) is 15.2 Å². The van der Waals surface area contributed by atoms with Gasteiger partial charge in [-0.25, -0.2) is 4.79 Å². The highest BCUT2D eigenvalue weighted by molar-refractivity contribution is 6.01. The molecule has 0 saturated carbocycles. The van der Waals surface area contributed by atoms with Gasteiger partial charge in [0.05, 0.1) is 35.0 Å². The van der Waals surface area contributed by atoms with Crippen LogP contribution in [0.5, 0.6) is 0 Å². The Bertz CT molecular complexity index is 1210. The topological polar surface area (TPSA) is 95.2 Å². The number of fused-ring (bicyclic) bond motifs is 1. The minimum atomic E-state index is -4.76. The zero-order valence-corrected chi connectivity index (χ0v) is 16.2. The average molecular weight is 422 g/mol. The first-order chi connectivity index (χ1) is 14.0. The molecule has 2 aromatic heterocycles. The van der Waals surface area contributed by atoms with Crippen molar-refractivity contribution in [1.29, 1.82) is 0 Å². The average Bonchev–Trinajstić information content (AvgIpc) is 2.96. The standard InChI is InChI=1S/C19H17F3N4O4/c1-10-16-12(19(20,21)22)8-15(28)26(17(16)25(2)24-10)9-14(27)23-13-7-5-4-6-11(13)18(29)30-3/h4-8H,9H2,1-3H3,(H,23,27). The van der Waals surface area contributed by atoms with E-state index in [-0.39, 0.29) is 28.0 Å². The predicted molar refractivity (Wildman–Crippen MR) is 101 cm³/mol. The first kappa shape index (κ1) is 21.1. The van der Waals surface area contributed by atoms with E-state index in [1.54, 1.807) is 12.1 Å². The van der Waals surface area contributed by atoms with Gasteiger partial charge < -0.3 is 10.1 Å². The number of anilines is 1. The van der Waals surface area contributed by atoms with Gasteiger partial charge in [-0.3, -0.25) is 18.8 Å². The molecule has 0 aliphatic heterocycles. The molecule has 30 heavy (non-hydrogen) atoms. The molecule has 0 saturated heterocycles. The van der Waals surface area contributed by atoms with Gasteiger partial charge in [0, 0.05) is 13.1 Å². The molecule has 8 nitrogen and oxygen atoms in total. The number of carbonyl (C=O) groups is 2. The number of hydrogen-bond donors (Lipinski definition) is 1. The van der Waals surface area contributed by atoms with Crippen LogP contribution in [0.2, 0.25) is 0 Å². The summed E-state index contributed by atoms with van der Waals surface area (Å²) in [6.07, 6.45) is -4.76. The number of para-hydroxylation sites is 1. The van der Waals surface area contributed by atoms with Crippen LogP contribution in [0.3, 0.4) is 0 Å². The number of alkyl halides is 3. The van der Waals surface area contributed by atoms with Crippen LogP contribution in [-0.4, -0.2) is 33.3 Å². The number of benzene rings is 1. The first-order valence-electron chi connectivity index (χ1n) is 8.66. The molecule has 0 spiro atoms. The van der Waals surface area contributed by atoms with Gasteiger partial charge in [0.1, 0.15) is 12.2 Å². The molecule has 0 radical (unpaired) electrons. The van der Waals surface area contributed by atoms with Crippen LogP contribution in [0.15, 0.2) is 35.1 Å². The van der Waals surface area contributed by atoms with Crippen molar-refractivity contribution in [1.82, 2.24) is 14.3 Å². The second kappa shape index (κ2) is 7.65. The van der Waals surface area contributed by atoms with Crippen LogP contribution < -0.4 is 10.9 Å². The van der Waals surface area contributed by atoms with Gasteiger partial charge in [-0.15, -0.1) is 0 Å². The molecule has 0 aliphatic rings. The quantitative estimate of drug-likeness (QED) is 0.652. The normalized spacial score (nSPS) is 11.5. The number of aromatic nitrogens is 3. The van der Waals surface area contributed by atoms with E-state index >= 15 is 0 Å². The Morgan fingerprint density at radius 2 is 1.90 bits per heavy atom. The second-order valence-corrected chi connectivity index (χ2v) is 6.47. The van der Waals surface area contributed by atoms with Gasteiger partial charge in [0.15, 0.2) is 0 Å². The van der Waals surface area contributed by atoms with E-state index < -0.39 is 35.7 Å². The van der Waals surface area contributed by atoms with Crippen molar-refractivity contribution in [3.8, 4) is 0 Å². The third-order valence-corrected chi connectivity index (χ3v) is 4.46. The van der Waals surface area contributed by atoms with Crippen molar-refractivity contribution in [2.24, 2.45) is 7.05 Å². The molecule has 1 N–H and O–H groups in total. The number of aryl methyl sites for hydroxylation is 2. The molecule has 3 aromatic rings. The summed E-state index contributed by atoms with van der Waals surface area (Å²) in [5.41, 5.74) is -1.94. The van der Waals surface area contributed by atoms with Crippen molar-refractivity contribution < 1.29 is 27.5 Å². The molecule has 3 rings (SSSR count). The number of esters is 1. The van der Waals surface area contributed by atoms with Crippen molar-refractivity contribution in [3.63, 3.8) is 0 Å². The number of nitrogens with zero attached hydrogens (tertiary/aromatic N) is 3. The minimum Gasteiger partial charge on any atom is -0.465 e. The third kappa shape index (κ3) is 3.78. The van der Waals surface area contributed by atoms with E-state index in [1.165, 1.54) is 33.2 Å². The molecule has 2 heterocycles. The molecule has 0 unspecified atom stereocenters. The Kier molecular flexibility index (Phi) is 5.38. The Morgan fingerprint density at radius 3 is 2.53 bits per heavy atom. The lowest BCUT2D eigenvalue weighted by Gasteiger charge is -2.14. The molecule has 158 valence electrons. The van der Waals surface area contributed by atoms with Crippen LogP contribution in [0.4, 0.5) is 18.9 Å². The van der Waals surface area contributed by atoms with Gasteiger partial charge >= 0.3 is 12.1 Å². The summed E-state index contributed by atoms with van der Waals surface area (Å²) in [6.45, 7) is 0.807. The highest BCUT2D eigenvalue weighted by Crippen LogP contribution is 2.35. The number of rotatable bonds is 4.